The van der Waals surface area contributed by atoms with Crippen LogP contribution in [0.3, 0.4) is 0 Å². The Morgan fingerprint density at radius 3 is 1.11 bits per heavy atom. The molecular formula is C107H113BrClFO23. The first-order valence-corrected chi connectivity index (χ1v) is 45.4. The van der Waals surface area contributed by atoms with Gasteiger partial charge in [-0.1, -0.05) is 173 Å². The number of carbonyl (C=O) groups excluding carboxylic acids is 7. The molecule has 0 spiro atoms. The molecule has 7 unspecified atom stereocenters. The Bertz CT molecular complexity index is 5120. The van der Waals surface area contributed by atoms with E-state index in [1.165, 1.54) is 124 Å². The molecule has 700 valence electrons. The van der Waals surface area contributed by atoms with Crippen molar-refractivity contribution < 1.29 is 114 Å². The third-order valence-electron chi connectivity index (χ3n) is 22.7. The number of aryl methyl sites for hydroxylation is 8. The maximum Gasteiger partial charge on any atom is 0.334 e. The molecule has 0 aromatic heterocycles. The second kappa shape index (κ2) is 52.2. The molecule has 8 heterocycles. The van der Waals surface area contributed by atoms with Gasteiger partial charge in [0.15, 0.2) is 11.5 Å². The molecule has 0 amide bonds. The number of hydrogen-bond donors (Lipinski definition) is 0. The topological polar surface area (TPSA) is 267 Å². The van der Waals surface area contributed by atoms with E-state index >= 15 is 0 Å². The van der Waals surface area contributed by atoms with Gasteiger partial charge in [-0.2, -0.15) is 0 Å². The Morgan fingerprint density at radius 2 is 0.692 bits per heavy atom. The average molecular weight is 1900 g/mol. The lowest BCUT2D eigenvalue weighted by Crippen LogP contribution is -2.23. The van der Waals surface area contributed by atoms with Crippen molar-refractivity contribution in [2.45, 2.75) is 178 Å². The Balaban J connectivity index is 0.000000150. The van der Waals surface area contributed by atoms with Gasteiger partial charge in [-0.25, -0.2) is 38.0 Å². The maximum atomic E-state index is 12.7. The van der Waals surface area contributed by atoms with Crippen molar-refractivity contribution in [3.8, 4) is 11.5 Å². The number of ether oxygens (including phenoxy) is 16. The quantitative estimate of drug-likeness (QED) is 0.0360. The highest BCUT2D eigenvalue weighted by Crippen LogP contribution is 2.35. The molecule has 0 saturated heterocycles. The van der Waals surface area contributed by atoms with Gasteiger partial charge < -0.3 is 75.8 Å². The third-order valence-corrected chi connectivity index (χ3v) is 23.4. The van der Waals surface area contributed by atoms with Crippen LogP contribution in [0, 0.1) is 12.7 Å². The summed E-state index contributed by atoms with van der Waals surface area (Å²) in [5.74, 6) is 3.67. The van der Waals surface area contributed by atoms with E-state index in [9.17, 15) is 38.0 Å². The fraction of sp³-hybridized carbons (Fsp3) is 0.336. The maximum absolute atomic E-state index is 12.7. The third kappa shape index (κ3) is 34.2. The molecular weight excluding hydrogens is 1790 g/mol. The number of cyclic esters (lactones) is 7. The van der Waals surface area contributed by atoms with Crippen LogP contribution in [-0.4, -0.2) is 141 Å². The Kier molecular flexibility index (Phi) is 39.4. The minimum Gasteiger partial charge on any atom is -0.501 e. The molecule has 133 heavy (non-hydrogen) atoms. The van der Waals surface area contributed by atoms with Crippen molar-refractivity contribution in [2.75, 3.05) is 56.6 Å². The first-order chi connectivity index (χ1) is 64.4. The molecule has 0 saturated carbocycles. The van der Waals surface area contributed by atoms with Gasteiger partial charge in [-0.15, -0.1) is 0 Å². The van der Waals surface area contributed by atoms with Gasteiger partial charge in [0, 0.05) is 54.4 Å². The second-order valence-corrected chi connectivity index (χ2v) is 33.7. The molecule has 9 aliphatic rings. The molecule has 0 N–H and O–H groups in total. The minimum absolute atomic E-state index is 0.0706. The van der Waals surface area contributed by atoms with Crippen LogP contribution in [0.4, 0.5) is 4.39 Å². The molecule has 8 aromatic carbocycles. The van der Waals surface area contributed by atoms with E-state index in [0.717, 1.165) is 95.5 Å². The summed E-state index contributed by atoms with van der Waals surface area (Å²) in [6.45, 7) is 2.33. The van der Waals surface area contributed by atoms with E-state index in [1.54, 1.807) is 61.9 Å². The van der Waals surface area contributed by atoms with Gasteiger partial charge in [0.05, 0.1) is 92.3 Å². The number of halogens is 3. The first-order valence-electron chi connectivity index (χ1n) is 44.2. The molecule has 7 atom stereocenters. The lowest BCUT2D eigenvalue weighted by molar-refractivity contribution is -0.146. The largest absolute Gasteiger partial charge is 0.501 e. The second-order valence-electron chi connectivity index (χ2n) is 32.3. The highest BCUT2D eigenvalue weighted by Gasteiger charge is 2.29. The highest BCUT2D eigenvalue weighted by atomic mass is 79.9. The normalized spacial score (nSPS) is 19.6. The smallest absolute Gasteiger partial charge is 0.334 e. The van der Waals surface area contributed by atoms with Gasteiger partial charge in [-0.05, 0) is 212 Å². The SMILES string of the molecule is COC1=CC(=O)OC(/C=C/c2ccc3c(c2)CCC3)C1.COC1=CC(=O)OC(/C=C/c2ccc3c(c2)OCO3)C1.COC1=CC(=O)OC(CCc2ccc(Br)cc2)C1.COC1=CC(=O)OC(CCc2ccc(C)cc2)C1.COC1=CC(=O)OC(CCc2ccc(Cl)cc2)C1.COC1=CC(=O)OC(CCc2ccc(F)cc2)C1.COC1=CC(=O)OC(CCc2ccc3ccccc3c2)C1. The number of benzene rings is 8. The highest BCUT2D eigenvalue weighted by molar-refractivity contribution is 9.10. The molecule has 0 radical (unpaired) electrons. The molecule has 23 nitrogen and oxygen atoms in total. The van der Waals surface area contributed by atoms with Gasteiger partial charge in [0.25, 0.3) is 0 Å². The summed E-state index contributed by atoms with van der Waals surface area (Å²) in [5.41, 5.74) is 12.3. The van der Waals surface area contributed by atoms with Crippen LogP contribution < -0.4 is 9.47 Å². The van der Waals surface area contributed by atoms with E-state index in [-0.39, 0.29) is 97.1 Å². The number of fused-ring (bicyclic) bond motifs is 3. The van der Waals surface area contributed by atoms with Crippen LogP contribution in [0.25, 0.3) is 22.9 Å². The zero-order valence-electron chi connectivity index (χ0n) is 76.0. The Labute approximate surface area is 789 Å². The minimum atomic E-state index is -0.381. The van der Waals surface area contributed by atoms with Gasteiger partial charge in [-0.3, -0.25) is 0 Å². The van der Waals surface area contributed by atoms with E-state index in [1.807, 2.05) is 91.0 Å². The summed E-state index contributed by atoms with van der Waals surface area (Å²) in [7, 11) is 11.0. The molecule has 0 bridgehead atoms. The first kappa shape index (κ1) is 100. The summed E-state index contributed by atoms with van der Waals surface area (Å²) >= 11 is 9.23. The van der Waals surface area contributed by atoms with Crippen molar-refractivity contribution in [1.82, 2.24) is 0 Å². The zero-order valence-corrected chi connectivity index (χ0v) is 78.4. The van der Waals surface area contributed by atoms with Crippen LogP contribution in [0.1, 0.15) is 139 Å². The summed E-state index contributed by atoms with van der Waals surface area (Å²) in [4.78, 5) is 79.4. The molecule has 8 aliphatic heterocycles. The van der Waals surface area contributed by atoms with E-state index < -0.39 is 0 Å². The lowest BCUT2D eigenvalue weighted by atomic mass is 10.0. The molecule has 1 aliphatic carbocycles. The molecule has 0 fully saturated rings. The van der Waals surface area contributed by atoms with Gasteiger partial charge in [0.2, 0.25) is 6.79 Å². The molecule has 26 heteroatoms. The van der Waals surface area contributed by atoms with Crippen LogP contribution in [0.2, 0.25) is 5.02 Å². The van der Waals surface area contributed by atoms with E-state index in [0.29, 0.717) is 91.7 Å². The zero-order chi connectivity index (χ0) is 94.4. The van der Waals surface area contributed by atoms with Crippen LogP contribution in [-0.2, 0) is 145 Å². The fourth-order valence-electron chi connectivity index (χ4n) is 15.4. The average Bonchev–Trinajstić information content (AvgIpc) is 1.75. The monoisotopic (exact) mass is 1900 g/mol. The summed E-state index contributed by atoms with van der Waals surface area (Å²) in [6, 6.07) is 57.7. The summed E-state index contributed by atoms with van der Waals surface area (Å²) in [5, 5.41) is 3.22. The predicted octanol–water partition coefficient (Wildman–Crippen LogP) is 20.7. The predicted molar refractivity (Wildman–Crippen MR) is 505 cm³/mol. The van der Waals surface area contributed by atoms with Crippen molar-refractivity contribution >= 4 is 92.2 Å². The lowest BCUT2D eigenvalue weighted by Gasteiger charge is -2.22. The molecule has 8 aromatic rings. The standard InChI is InChI=1S/C18H18O3.C17H18O3.C15H14O5.C15H18O3.C14H15BrO3.C14H15ClO3.C14H15FO3/c1-20-17-11-16(21-18(19)12-17)9-7-13-6-8-14-4-2-3-5-15(14)10-13;1-19-16-10-15(20-17(18)11-16)8-6-12-5-7-13-3-2-4-14(13)9-12;1-17-12-7-11(20-15(16)8-12)4-2-10-3-5-13-14(6-10)19-9-18-13;1-11-3-5-12(6-4-11)7-8-13-9-14(17-2)10-15(16)18-13;3*1-17-13-8-12(18-14(16)9-13)7-4-10-2-5-11(15)6-3-10/h2-6,8,10,12,16H,7,9,11H2,1H3;5-9,11,15H,2-4,10H2,1H3;2-6,8,11H,7,9H2,1H3;3-6,10,13H,7-9H2,1-2H3;3*2-3,5-6,9,12H,4,7-8H2,1H3/b;8-6+;4-2+;;;;. The van der Waals surface area contributed by atoms with Crippen LogP contribution in [0.5, 0.6) is 11.5 Å². The van der Waals surface area contributed by atoms with E-state index in [4.69, 9.17) is 87.4 Å². The summed E-state index contributed by atoms with van der Waals surface area (Å²) < 4.78 is 96.9. The van der Waals surface area contributed by atoms with Gasteiger partial charge >= 0.3 is 41.8 Å². The summed E-state index contributed by atoms with van der Waals surface area (Å²) in [6.07, 6.45) is 32.7. The molecule has 17 rings (SSSR count). The Morgan fingerprint density at radius 1 is 0.353 bits per heavy atom. The van der Waals surface area contributed by atoms with Gasteiger partial charge in [0.1, 0.15) is 88.9 Å². The van der Waals surface area contributed by atoms with Crippen LogP contribution >= 0.6 is 27.5 Å². The van der Waals surface area contributed by atoms with Crippen molar-refractivity contribution in [1.29, 1.82) is 0 Å². The number of hydrogen-bond acceptors (Lipinski definition) is 23. The van der Waals surface area contributed by atoms with Crippen molar-refractivity contribution in [2.24, 2.45) is 0 Å². The fourth-order valence-corrected chi connectivity index (χ4v) is 15.8. The number of carbonyl (C=O) groups is 7. The number of rotatable bonds is 26. The Hall–Kier alpha value is -13.1. The van der Waals surface area contributed by atoms with E-state index in [2.05, 4.69) is 108 Å². The van der Waals surface area contributed by atoms with Crippen molar-refractivity contribution in [3.63, 3.8) is 0 Å². The van der Waals surface area contributed by atoms with Crippen LogP contribution in [0.15, 0.2) is 275 Å². The number of methoxy groups -OCH3 is 7. The number of esters is 7. The van der Waals surface area contributed by atoms with Crippen molar-refractivity contribution in [3.05, 3.63) is 342 Å².